The Labute approximate surface area is 151 Å². The minimum absolute atomic E-state index is 0.0899. The van der Waals surface area contributed by atoms with Gasteiger partial charge in [0.05, 0.1) is 11.5 Å². The minimum atomic E-state index is -4.51. The van der Waals surface area contributed by atoms with Crippen LogP contribution in [0.15, 0.2) is 24.3 Å². The number of carbonyl (C=O) groups excluding carboxylic acids is 1. The Hall–Kier alpha value is -2.62. The smallest absolute Gasteiger partial charge is 0.416 e. The molecule has 2 saturated carbocycles. The number of rotatable bonds is 4. The number of hydrogen-bond acceptors (Lipinski definition) is 4. The van der Waals surface area contributed by atoms with Crippen LogP contribution < -0.4 is 11.1 Å². The molecule has 146 valence electrons. The van der Waals surface area contributed by atoms with Crippen molar-refractivity contribution in [3.8, 4) is 0 Å². The summed E-state index contributed by atoms with van der Waals surface area (Å²) in [4.78, 5) is 35.7. The third-order valence-corrected chi connectivity index (χ3v) is 5.99. The summed E-state index contributed by atoms with van der Waals surface area (Å²) in [5, 5.41) is 21.2. The summed E-state index contributed by atoms with van der Waals surface area (Å²) in [7, 11) is 0. The molecule has 27 heavy (non-hydrogen) atoms. The van der Waals surface area contributed by atoms with Crippen LogP contribution in [0.2, 0.25) is 0 Å². The van der Waals surface area contributed by atoms with E-state index in [0.29, 0.717) is 0 Å². The molecular formula is C17H17F3N2O5. The van der Waals surface area contributed by atoms with E-state index in [1.165, 1.54) is 6.92 Å². The molecule has 3 rings (SSSR count). The van der Waals surface area contributed by atoms with E-state index in [-0.39, 0.29) is 12.1 Å². The van der Waals surface area contributed by atoms with Crippen LogP contribution in [0, 0.1) is 23.2 Å². The SMILES string of the molecule is C[C@@]12[C@@H]([C@@H](C(=O)Nc3ccc(C(F)(F)F)cc3)C[C@]1(N)C(=O)O)[C@H]2C(=O)O. The number of hydrogen-bond donors (Lipinski definition) is 4. The maximum Gasteiger partial charge on any atom is 0.416 e. The van der Waals surface area contributed by atoms with Crippen LogP contribution in [0.4, 0.5) is 18.9 Å². The molecule has 1 aromatic carbocycles. The second-order valence-electron chi connectivity index (χ2n) is 7.28. The predicted octanol–water partition coefficient (Wildman–Crippen LogP) is 1.78. The molecule has 0 aromatic heterocycles. The molecule has 5 N–H and O–H groups in total. The number of nitrogens with one attached hydrogen (secondary N) is 1. The molecule has 0 heterocycles. The number of fused-ring (bicyclic) bond motifs is 1. The molecule has 10 heteroatoms. The van der Waals surface area contributed by atoms with E-state index < -0.39 is 58.3 Å². The van der Waals surface area contributed by atoms with Crippen LogP contribution in [-0.4, -0.2) is 33.6 Å². The van der Waals surface area contributed by atoms with E-state index in [1.54, 1.807) is 0 Å². The number of halogens is 3. The lowest BCUT2D eigenvalue weighted by Crippen LogP contribution is -2.55. The molecule has 2 aliphatic rings. The third kappa shape index (κ3) is 2.66. The largest absolute Gasteiger partial charge is 0.481 e. The van der Waals surface area contributed by atoms with Crippen molar-refractivity contribution >= 4 is 23.5 Å². The number of carboxylic acids is 2. The van der Waals surface area contributed by atoms with E-state index in [2.05, 4.69) is 5.32 Å². The summed E-state index contributed by atoms with van der Waals surface area (Å²) in [5.74, 6) is -6.08. The van der Waals surface area contributed by atoms with Crippen LogP contribution in [0.1, 0.15) is 18.9 Å². The highest BCUT2D eigenvalue weighted by Gasteiger charge is 2.83. The van der Waals surface area contributed by atoms with Crippen LogP contribution in [0.25, 0.3) is 0 Å². The zero-order valence-corrected chi connectivity index (χ0v) is 14.1. The van der Waals surface area contributed by atoms with E-state index in [4.69, 9.17) is 5.73 Å². The predicted molar refractivity (Wildman–Crippen MR) is 85.5 cm³/mol. The zero-order chi connectivity index (χ0) is 20.4. The standard InChI is InChI=1S/C17H17F3N2O5/c1-15-10(11(15)13(24)25)9(6-16(15,21)14(26)27)12(23)22-8-4-2-7(3-5-8)17(18,19)20/h2-5,9-11H,6,21H2,1H3,(H,22,23)(H,24,25)(H,26,27)/t9-,10-,11-,15-,16-/m0/s1. The molecule has 7 nitrogen and oxygen atoms in total. The first-order valence-electron chi connectivity index (χ1n) is 8.07. The van der Waals surface area contributed by atoms with Crippen molar-refractivity contribution in [3.05, 3.63) is 29.8 Å². The molecule has 0 bridgehead atoms. The Kier molecular flexibility index (Phi) is 4.03. The summed E-state index contributed by atoms with van der Waals surface area (Å²) in [6.07, 6.45) is -4.76. The van der Waals surface area contributed by atoms with Crippen molar-refractivity contribution in [2.75, 3.05) is 5.32 Å². The van der Waals surface area contributed by atoms with Crippen molar-refractivity contribution in [3.63, 3.8) is 0 Å². The van der Waals surface area contributed by atoms with E-state index in [0.717, 1.165) is 24.3 Å². The van der Waals surface area contributed by atoms with E-state index in [9.17, 15) is 37.8 Å². The monoisotopic (exact) mass is 386 g/mol. The fourth-order valence-electron chi connectivity index (χ4n) is 4.43. The zero-order valence-electron chi connectivity index (χ0n) is 14.1. The molecule has 0 spiro atoms. The average molecular weight is 386 g/mol. The van der Waals surface area contributed by atoms with Crippen LogP contribution >= 0.6 is 0 Å². The van der Waals surface area contributed by atoms with Crippen molar-refractivity contribution in [2.45, 2.75) is 25.1 Å². The molecular weight excluding hydrogens is 369 g/mol. The maximum absolute atomic E-state index is 12.6. The lowest BCUT2D eigenvalue weighted by molar-refractivity contribution is -0.148. The summed E-state index contributed by atoms with van der Waals surface area (Å²) < 4.78 is 37.8. The van der Waals surface area contributed by atoms with Crippen LogP contribution in [0.5, 0.6) is 0 Å². The molecule has 0 aliphatic heterocycles. The van der Waals surface area contributed by atoms with Gasteiger partial charge >= 0.3 is 18.1 Å². The molecule has 0 radical (unpaired) electrons. The fraction of sp³-hybridized carbons (Fsp3) is 0.471. The van der Waals surface area contributed by atoms with Gasteiger partial charge in [-0.1, -0.05) is 6.92 Å². The lowest BCUT2D eigenvalue weighted by Gasteiger charge is -2.29. The van der Waals surface area contributed by atoms with Crippen molar-refractivity contribution in [2.24, 2.45) is 28.9 Å². The number of aliphatic carboxylic acids is 2. The van der Waals surface area contributed by atoms with Crippen molar-refractivity contribution < 1.29 is 37.8 Å². The van der Waals surface area contributed by atoms with Gasteiger partial charge < -0.3 is 21.3 Å². The first-order chi connectivity index (χ1) is 12.3. The maximum atomic E-state index is 12.6. The summed E-state index contributed by atoms with van der Waals surface area (Å²) >= 11 is 0. The molecule has 0 saturated heterocycles. The van der Waals surface area contributed by atoms with Crippen LogP contribution in [-0.2, 0) is 20.6 Å². The number of nitrogens with two attached hydrogens (primary N) is 1. The molecule has 0 unspecified atom stereocenters. The van der Waals surface area contributed by atoms with Gasteiger partial charge in [-0.2, -0.15) is 13.2 Å². The van der Waals surface area contributed by atoms with Gasteiger partial charge in [0.1, 0.15) is 5.54 Å². The number of alkyl halides is 3. The fourth-order valence-corrected chi connectivity index (χ4v) is 4.43. The first-order valence-corrected chi connectivity index (χ1v) is 8.07. The highest BCUT2D eigenvalue weighted by Crippen LogP contribution is 2.73. The molecule has 1 amide bonds. The number of anilines is 1. The Morgan fingerprint density at radius 3 is 2.19 bits per heavy atom. The number of carbonyl (C=O) groups is 3. The average Bonchev–Trinajstić information content (AvgIpc) is 3.11. The Morgan fingerprint density at radius 1 is 1.19 bits per heavy atom. The highest BCUT2D eigenvalue weighted by atomic mass is 19.4. The molecule has 1 aromatic rings. The quantitative estimate of drug-likeness (QED) is 0.624. The number of amides is 1. The van der Waals surface area contributed by atoms with E-state index in [1.807, 2.05) is 0 Å². The minimum Gasteiger partial charge on any atom is -0.481 e. The third-order valence-electron chi connectivity index (χ3n) is 5.99. The Morgan fingerprint density at radius 2 is 1.74 bits per heavy atom. The van der Waals surface area contributed by atoms with Crippen molar-refractivity contribution in [1.82, 2.24) is 0 Å². The second kappa shape index (κ2) is 5.69. The molecule has 5 atom stereocenters. The second-order valence-corrected chi connectivity index (χ2v) is 7.28. The summed E-state index contributed by atoms with van der Waals surface area (Å²) in [6, 6.07) is 3.75. The highest BCUT2D eigenvalue weighted by molar-refractivity contribution is 5.97. The van der Waals surface area contributed by atoms with Gasteiger partial charge in [0, 0.05) is 17.0 Å². The van der Waals surface area contributed by atoms with Gasteiger partial charge in [-0.25, -0.2) is 0 Å². The van der Waals surface area contributed by atoms with Gasteiger partial charge in [-0.15, -0.1) is 0 Å². The van der Waals surface area contributed by atoms with Gasteiger partial charge in [0.2, 0.25) is 5.91 Å². The normalized spacial score (nSPS) is 34.6. The topological polar surface area (TPSA) is 130 Å². The first kappa shape index (κ1) is 19.2. The van der Waals surface area contributed by atoms with Crippen LogP contribution in [0.3, 0.4) is 0 Å². The summed E-state index contributed by atoms with van der Waals surface area (Å²) in [6.45, 7) is 1.44. The van der Waals surface area contributed by atoms with E-state index >= 15 is 0 Å². The summed E-state index contributed by atoms with van der Waals surface area (Å²) in [5.41, 5.74) is 2.04. The lowest BCUT2D eigenvalue weighted by atomic mass is 9.80. The molecule has 2 fully saturated rings. The van der Waals surface area contributed by atoms with Gasteiger partial charge in [0.25, 0.3) is 0 Å². The Balaban J connectivity index is 1.81. The Bertz CT molecular complexity index is 825. The van der Waals surface area contributed by atoms with Gasteiger partial charge in [0.15, 0.2) is 0 Å². The van der Waals surface area contributed by atoms with Crippen molar-refractivity contribution in [1.29, 1.82) is 0 Å². The number of carboxylic acid groups (broad SMARTS) is 2. The van der Waals surface area contributed by atoms with Gasteiger partial charge in [-0.3, -0.25) is 14.4 Å². The van der Waals surface area contributed by atoms with Gasteiger partial charge in [-0.05, 0) is 36.6 Å². The number of benzene rings is 1. The molecule has 2 aliphatic carbocycles.